The van der Waals surface area contributed by atoms with Crippen LogP contribution in [0.25, 0.3) is 0 Å². The van der Waals surface area contributed by atoms with Gasteiger partial charge in [-0.15, -0.1) is 0 Å². The van der Waals surface area contributed by atoms with E-state index in [0.717, 1.165) is 3.90 Å². The molecule has 0 atom stereocenters. The Kier molecular flexibility index (Phi) is 2.67. The minimum absolute atomic E-state index is 1.01. The van der Waals surface area contributed by atoms with Crippen LogP contribution in [-0.2, 0) is 0 Å². The molecule has 0 N–H and O–H groups in total. The fourth-order valence-corrected chi connectivity index (χ4v) is 7.93. The molecule has 0 amide bonds. The van der Waals surface area contributed by atoms with E-state index in [1.54, 1.807) is 12.5 Å². The van der Waals surface area contributed by atoms with E-state index in [0.29, 0.717) is 0 Å². The van der Waals surface area contributed by atoms with Gasteiger partial charge >= 0.3 is 87.4 Å². The van der Waals surface area contributed by atoms with E-state index in [9.17, 15) is 0 Å². The molecule has 62 valence electrons. The van der Waals surface area contributed by atoms with Crippen molar-refractivity contribution in [2.24, 2.45) is 0 Å². The maximum atomic E-state index is 5.30. The van der Waals surface area contributed by atoms with Crippen LogP contribution in [0.2, 0.25) is 0 Å². The molecule has 2 heterocycles. The number of halogens is 2. The second-order valence-electron chi connectivity index (χ2n) is 2.19. The van der Waals surface area contributed by atoms with Crippen molar-refractivity contribution < 1.29 is 4.42 Å². The number of hydrogen-bond acceptors (Lipinski definition) is 3. The first-order valence-corrected chi connectivity index (χ1v) is 7.90. The molecule has 1 saturated heterocycles. The molecule has 0 radical (unpaired) electrons. The van der Waals surface area contributed by atoms with Gasteiger partial charge in [0.1, 0.15) is 0 Å². The number of hydrogen-bond donors (Lipinski definition) is 0. The summed E-state index contributed by atoms with van der Waals surface area (Å²) in [6, 6.07) is 0. The van der Waals surface area contributed by atoms with Gasteiger partial charge in [0.15, 0.2) is 0 Å². The van der Waals surface area contributed by atoms with E-state index in [1.807, 2.05) is 0 Å². The Labute approximate surface area is 86.8 Å². The number of nitrogens with zero attached hydrogens (tertiary/aromatic N) is 2. The first-order chi connectivity index (χ1) is 5.38. The monoisotopic (exact) mass is 378 g/mol. The van der Waals surface area contributed by atoms with Crippen LogP contribution in [0, 0.1) is 3.90 Å². The average molecular weight is 378 g/mol. The topological polar surface area (TPSA) is 29.3 Å². The van der Waals surface area contributed by atoms with Crippen LogP contribution in [0.3, 0.4) is 0 Å². The molecular formula is C6H8I2N2O. The molecule has 3 nitrogen and oxygen atoms in total. The summed E-state index contributed by atoms with van der Waals surface area (Å²) in [6.45, 7) is 1.22. The van der Waals surface area contributed by atoms with Gasteiger partial charge < -0.3 is 0 Å². The Hall–Kier alpha value is 0.630. The Morgan fingerprint density at radius 1 is 1.73 bits per heavy atom. The van der Waals surface area contributed by atoms with Crippen LogP contribution in [0.1, 0.15) is 6.42 Å². The molecular weight excluding hydrogens is 370 g/mol. The summed E-state index contributed by atoms with van der Waals surface area (Å²) in [5.41, 5.74) is 0. The van der Waals surface area contributed by atoms with Crippen molar-refractivity contribution in [1.82, 2.24) is 6.31 Å². The van der Waals surface area contributed by atoms with E-state index >= 15 is 0 Å². The van der Waals surface area contributed by atoms with Gasteiger partial charge in [0, 0.05) is 0 Å². The third-order valence-corrected chi connectivity index (χ3v) is 10.0. The summed E-state index contributed by atoms with van der Waals surface area (Å²) in [4.78, 5) is 4.21. The van der Waals surface area contributed by atoms with Gasteiger partial charge in [-0.05, 0) is 0 Å². The van der Waals surface area contributed by atoms with Gasteiger partial charge in [0.2, 0.25) is 0 Å². The van der Waals surface area contributed by atoms with E-state index < -0.39 is 20.1 Å². The summed E-state index contributed by atoms with van der Waals surface area (Å²) in [5.74, 6) is 0. The summed E-state index contributed by atoms with van der Waals surface area (Å²) < 4.78 is 10.1. The van der Waals surface area contributed by atoms with Gasteiger partial charge in [-0.3, -0.25) is 0 Å². The van der Waals surface area contributed by atoms with Crippen LogP contribution in [0.15, 0.2) is 16.9 Å². The van der Waals surface area contributed by atoms with Gasteiger partial charge in [-0.1, -0.05) is 0 Å². The second kappa shape index (κ2) is 3.56. The molecule has 0 aliphatic carbocycles. The predicted molar refractivity (Wildman–Crippen MR) is 59.4 cm³/mol. The van der Waals surface area contributed by atoms with E-state index in [4.69, 9.17) is 4.42 Å². The van der Waals surface area contributed by atoms with Crippen molar-refractivity contribution in [3.8, 4) is 0 Å². The molecule has 0 spiro atoms. The fourth-order valence-electron chi connectivity index (χ4n) is 0.973. The Morgan fingerprint density at radius 3 is 3.18 bits per heavy atom. The Bertz CT molecular complexity index is 226. The summed E-state index contributed by atoms with van der Waals surface area (Å²) in [7, 11) is 0. The molecule has 0 aromatic carbocycles. The molecule has 11 heavy (non-hydrogen) atoms. The van der Waals surface area contributed by atoms with Gasteiger partial charge in [0.25, 0.3) is 0 Å². The zero-order valence-corrected chi connectivity index (χ0v) is 10.1. The van der Waals surface area contributed by atoms with E-state index in [1.165, 1.54) is 17.4 Å². The second-order valence-corrected chi connectivity index (χ2v) is 10.3. The van der Waals surface area contributed by atoms with Gasteiger partial charge in [0.05, 0.1) is 0 Å². The number of rotatable bonds is 1. The quantitative estimate of drug-likeness (QED) is 0.427. The molecule has 1 fully saturated rings. The molecule has 0 saturated carbocycles. The maximum absolute atomic E-state index is 5.30. The van der Waals surface area contributed by atoms with E-state index in [-0.39, 0.29) is 0 Å². The number of aromatic nitrogens is 1. The first kappa shape index (κ1) is 8.24. The molecule has 0 unspecified atom stereocenters. The van der Waals surface area contributed by atoms with Crippen molar-refractivity contribution in [2.75, 3.05) is 11.0 Å². The fraction of sp³-hybridized carbons (Fsp3) is 0.500. The summed E-state index contributed by atoms with van der Waals surface area (Å²) in [5, 5.41) is 0. The average Bonchev–Trinajstić information content (AvgIpc) is 2.55. The third kappa shape index (κ3) is 1.69. The van der Waals surface area contributed by atoms with E-state index in [2.05, 4.69) is 29.2 Å². The van der Waals surface area contributed by atoms with Crippen LogP contribution in [0.4, 0.5) is 0 Å². The van der Waals surface area contributed by atoms with Crippen LogP contribution < -0.4 is 0 Å². The third-order valence-electron chi connectivity index (χ3n) is 1.45. The van der Waals surface area contributed by atoms with Gasteiger partial charge in [-0.25, -0.2) is 0 Å². The zero-order chi connectivity index (χ0) is 7.68. The Morgan fingerprint density at radius 2 is 2.64 bits per heavy atom. The molecule has 0 bridgehead atoms. The predicted octanol–water partition coefficient (Wildman–Crippen LogP) is 2.32. The normalized spacial score (nSPS) is 22.8. The molecule has 5 heteroatoms. The van der Waals surface area contributed by atoms with Crippen molar-refractivity contribution in [3.05, 3.63) is 16.4 Å². The summed E-state index contributed by atoms with van der Waals surface area (Å²) >= 11 is 1.28. The van der Waals surface area contributed by atoms with Crippen LogP contribution >= 0.6 is 43.0 Å². The zero-order valence-electron chi connectivity index (χ0n) is 5.83. The molecule has 2 rings (SSSR count). The number of alkyl halides is 1. The van der Waals surface area contributed by atoms with Crippen LogP contribution in [0.5, 0.6) is 0 Å². The summed E-state index contributed by atoms with van der Waals surface area (Å²) in [6.07, 6.45) is 4.74. The van der Waals surface area contributed by atoms with Crippen molar-refractivity contribution in [2.45, 2.75) is 6.42 Å². The molecule has 1 aromatic rings. The molecule has 1 aliphatic rings. The standard InChI is InChI=1S/C6H8I2N2O/c7-10-4-1-2-8(10)6-9-3-5-11-6/h3,5H,1-2,4H2. The van der Waals surface area contributed by atoms with Gasteiger partial charge in [-0.2, -0.15) is 0 Å². The van der Waals surface area contributed by atoms with Crippen molar-refractivity contribution >= 4 is 43.0 Å². The Balaban J connectivity index is 2.16. The minimum atomic E-state index is -1.12. The van der Waals surface area contributed by atoms with Crippen molar-refractivity contribution in [1.29, 1.82) is 0 Å². The van der Waals surface area contributed by atoms with Crippen LogP contribution in [-0.4, -0.2) is 17.3 Å². The van der Waals surface area contributed by atoms with Crippen molar-refractivity contribution in [3.63, 3.8) is 0 Å². The first-order valence-electron chi connectivity index (χ1n) is 3.37. The molecule has 1 aliphatic heterocycles. The SMILES string of the molecule is IN1CCCI1c1ncco1. The molecule has 1 aromatic heterocycles. The number of oxazole rings is 1.